The highest BCUT2D eigenvalue weighted by Crippen LogP contribution is 2.27. The summed E-state index contributed by atoms with van der Waals surface area (Å²) in [6, 6.07) is 13.8. The maximum atomic E-state index is 12.7. The fourth-order valence-electron chi connectivity index (χ4n) is 4.74. The van der Waals surface area contributed by atoms with Crippen molar-refractivity contribution in [2.24, 2.45) is 0 Å². The summed E-state index contributed by atoms with van der Waals surface area (Å²) < 4.78 is 17.4. The van der Waals surface area contributed by atoms with Crippen LogP contribution in [0.4, 0.5) is 0 Å². The van der Waals surface area contributed by atoms with E-state index >= 15 is 0 Å². The number of ether oxygens (including phenoxy) is 3. The number of rotatable bonds is 7. The van der Waals surface area contributed by atoms with Crippen LogP contribution in [0.2, 0.25) is 0 Å². The number of carbonyl (C=O) groups excluding carboxylic acids is 1. The summed E-state index contributed by atoms with van der Waals surface area (Å²) in [7, 11) is 0. The van der Waals surface area contributed by atoms with Gasteiger partial charge in [0.05, 0.1) is 12.1 Å². The summed E-state index contributed by atoms with van der Waals surface area (Å²) >= 11 is 0. The molecule has 0 unspecified atom stereocenters. The van der Waals surface area contributed by atoms with Crippen molar-refractivity contribution in [1.29, 1.82) is 0 Å². The minimum atomic E-state index is -0.0848. The van der Waals surface area contributed by atoms with Gasteiger partial charge in [-0.15, -0.1) is 0 Å². The SMILES string of the molecule is O=C(N[C@H]1COc2cc(CN3CCCC3)ccc2C1)c1ccc(OC[C@@H]2CCCO2)cc1. The molecule has 0 radical (unpaired) electrons. The van der Waals surface area contributed by atoms with E-state index in [2.05, 4.69) is 28.4 Å². The lowest BCUT2D eigenvalue weighted by Crippen LogP contribution is -2.42. The first-order valence-corrected chi connectivity index (χ1v) is 11.9. The number of hydrogen-bond donors (Lipinski definition) is 1. The summed E-state index contributed by atoms with van der Waals surface area (Å²) in [5, 5.41) is 3.11. The highest BCUT2D eigenvalue weighted by Gasteiger charge is 2.23. The Morgan fingerprint density at radius 2 is 1.94 bits per heavy atom. The third-order valence-corrected chi connectivity index (χ3v) is 6.55. The van der Waals surface area contributed by atoms with E-state index < -0.39 is 0 Å². The number of nitrogens with one attached hydrogen (secondary N) is 1. The second kappa shape index (κ2) is 9.92. The molecule has 32 heavy (non-hydrogen) atoms. The molecule has 6 nitrogen and oxygen atoms in total. The Hall–Kier alpha value is -2.57. The van der Waals surface area contributed by atoms with Gasteiger partial charge in [0.25, 0.3) is 5.91 Å². The van der Waals surface area contributed by atoms with Crippen LogP contribution < -0.4 is 14.8 Å². The number of carbonyl (C=O) groups is 1. The number of benzene rings is 2. The van der Waals surface area contributed by atoms with E-state index in [-0.39, 0.29) is 18.1 Å². The fourth-order valence-corrected chi connectivity index (χ4v) is 4.74. The molecular formula is C26H32N2O4. The number of amides is 1. The van der Waals surface area contributed by atoms with Gasteiger partial charge in [0, 0.05) is 18.7 Å². The van der Waals surface area contributed by atoms with Crippen LogP contribution in [0.1, 0.15) is 47.2 Å². The van der Waals surface area contributed by atoms with Crippen LogP contribution in [0, 0.1) is 0 Å². The topological polar surface area (TPSA) is 60.0 Å². The van der Waals surface area contributed by atoms with Gasteiger partial charge in [0.15, 0.2) is 0 Å². The highest BCUT2D eigenvalue weighted by atomic mass is 16.5. The maximum Gasteiger partial charge on any atom is 0.251 e. The van der Waals surface area contributed by atoms with Crippen molar-refractivity contribution in [1.82, 2.24) is 10.2 Å². The van der Waals surface area contributed by atoms with Gasteiger partial charge in [-0.25, -0.2) is 0 Å². The molecule has 0 aromatic heterocycles. The lowest BCUT2D eigenvalue weighted by atomic mass is 10.00. The molecule has 2 saturated heterocycles. The van der Waals surface area contributed by atoms with Gasteiger partial charge in [-0.2, -0.15) is 0 Å². The van der Waals surface area contributed by atoms with Crippen molar-refractivity contribution < 1.29 is 19.0 Å². The molecule has 1 N–H and O–H groups in total. The quantitative estimate of drug-likeness (QED) is 0.719. The van der Waals surface area contributed by atoms with E-state index in [0.29, 0.717) is 18.8 Å². The van der Waals surface area contributed by atoms with Crippen LogP contribution in [-0.4, -0.2) is 55.9 Å². The van der Waals surface area contributed by atoms with Crippen LogP contribution in [0.15, 0.2) is 42.5 Å². The van der Waals surface area contributed by atoms with E-state index in [0.717, 1.165) is 49.5 Å². The molecular weight excluding hydrogens is 404 g/mol. The average molecular weight is 437 g/mol. The first-order valence-electron chi connectivity index (χ1n) is 11.9. The summed E-state index contributed by atoms with van der Waals surface area (Å²) in [5.74, 6) is 1.63. The maximum absolute atomic E-state index is 12.7. The molecule has 2 fully saturated rings. The number of hydrogen-bond acceptors (Lipinski definition) is 5. The lowest BCUT2D eigenvalue weighted by molar-refractivity contribution is 0.0679. The third-order valence-electron chi connectivity index (χ3n) is 6.55. The van der Waals surface area contributed by atoms with Crippen LogP contribution in [0.25, 0.3) is 0 Å². The molecule has 3 heterocycles. The summed E-state index contributed by atoms with van der Waals surface area (Å²) in [6.07, 6.45) is 5.72. The average Bonchev–Trinajstić information content (AvgIpc) is 3.52. The molecule has 0 aliphatic carbocycles. The van der Waals surface area contributed by atoms with Crippen LogP contribution in [0.5, 0.6) is 11.5 Å². The predicted octanol–water partition coefficient (Wildman–Crippen LogP) is 3.57. The van der Waals surface area contributed by atoms with E-state index in [9.17, 15) is 4.79 Å². The Morgan fingerprint density at radius 3 is 2.72 bits per heavy atom. The predicted molar refractivity (Wildman–Crippen MR) is 122 cm³/mol. The van der Waals surface area contributed by atoms with Crippen molar-refractivity contribution in [2.45, 2.75) is 50.8 Å². The van der Waals surface area contributed by atoms with Crippen LogP contribution in [0.3, 0.4) is 0 Å². The van der Waals surface area contributed by atoms with Crippen molar-refractivity contribution in [3.63, 3.8) is 0 Å². The molecule has 0 bridgehead atoms. The molecule has 6 heteroatoms. The molecule has 3 aliphatic rings. The standard InChI is InChI=1S/C26H32N2O4/c29-26(20-7-9-23(10-8-20)31-18-24-4-3-13-30-24)27-22-15-21-6-5-19(14-25(21)32-17-22)16-28-11-1-2-12-28/h5-10,14,22,24H,1-4,11-13,15-18H2,(H,27,29)/t22-,24+/m1/s1. The van der Waals surface area contributed by atoms with Crippen molar-refractivity contribution in [2.75, 3.05) is 32.9 Å². The van der Waals surface area contributed by atoms with E-state index in [1.807, 2.05) is 24.3 Å². The molecule has 0 spiro atoms. The Bertz CT molecular complexity index is 918. The van der Waals surface area contributed by atoms with Crippen molar-refractivity contribution in [3.05, 3.63) is 59.2 Å². The number of nitrogens with zero attached hydrogens (tertiary/aromatic N) is 1. The Kier molecular flexibility index (Phi) is 6.60. The molecule has 2 aromatic carbocycles. The summed E-state index contributed by atoms with van der Waals surface area (Å²) in [4.78, 5) is 15.2. The number of fused-ring (bicyclic) bond motifs is 1. The van der Waals surface area contributed by atoms with Crippen molar-refractivity contribution in [3.8, 4) is 11.5 Å². The lowest BCUT2D eigenvalue weighted by Gasteiger charge is -2.27. The minimum absolute atomic E-state index is 0.0325. The fraction of sp³-hybridized carbons (Fsp3) is 0.500. The minimum Gasteiger partial charge on any atom is -0.491 e. The van der Waals surface area contributed by atoms with E-state index in [4.69, 9.17) is 14.2 Å². The van der Waals surface area contributed by atoms with Gasteiger partial charge in [-0.05, 0) is 86.7 Å². The second-order valence-corrected chi connectivity index (χ2v) is 9.08. The highest BCUT2D eigenvalue weighted by molar-refractivity contribution is 5.94. The zero-order chi connectivity index (χ0) is 21.8. The third kappa shape index (κ3) is 5.25. The molecule has 170 valence electrons. The first-order chi connectivity index (χ1) is 15.7. The molecule has 0 saturated carbocycles. The van der Waals surface area contributed by atoms with Gasteiger partial charge >= 0.3 is 0 Å². The molecule has 2 aromatic rings. The zero-order valence-corrected chi connectivity index (χ0v) is 18.6. The van der Waals surface area contributed by atoms with Gasteiger partial charge in [-0.1, -0.05) is 12.1 Å². The summed E-state index contributed by atoms with van der Waals surface area (Å²) in [5.41, 5.74) is 3.08. The Balaban J connectivity index is 1.12. The monoisotopic (exact) mass is 436 g/mol. The Morgan fingerprint density at radius 1 is 1.09 bits per heavy atom. The molecule has 5 rings (SSSR count). The van der Waals surface area contributed by atoms with E-state index in [1.165, 1.54) is 31.5 Å². The van der Waals surface area contributed by atoms with Crippen molar-refractivity contribution >= 4 is 5.91 Å². The normalized spacial score (nSPS) is 22.9. The van der Waals surface area contributed by atoms with Gasteiger partial charge in [-0.3, -0.25) is 9.69 Å². The molecule has 2 atom stereocenters. The molecule has 1 amide bonds. The molecule has 3 aliphatic heterocycles. The van der Waals surface area contributed by atoms with Crippen LogP contribution >= 0.6 is 0 Å². The number of likely N-dealkylation sites (tertiary alicyclic amines) is 1. The van der Waals surface area contributed by atoms with Gasteiger partial charge in [0.1, 0.15) is 24.7 Å². The summed E-state index contributed by atoms with van der Waals surface area (Å²) in [6.45, 7) is 5.24. The zero-order valence-electron chi connectivity index (χ0n) is 18.6. The van der Waals surface area contributed by atoms with Gasteiger partial charge < -0.3 is 19.5 Å². The smallest absolute Gasteiger partial charge is 0.251 e. The second-order valence-electron chi connectivity index (χ2n) is 9.08. The van der Waals surface area contributed by atoms with Gasteiger partial charge in [0.2, 0.25) is 0 Å². The Labute approximate surface area is 189 Å². The first kappa shape index (κ1) is 21.3. The van der Waals surface area contributed by atoms with Crippen LogP contribution in [-0.2, 0) is 17.7 Å². The largest absolute Gasteiger partial charge is 0.491 e. The van der Waals surface area contributed by atoms with E-state index in [1.54, 1.807) is 0 Å².